The van der Waals surface area contributed by atoms with E-state index in [9.17, 15) is 0 Å². The van der Waals surface area contributed by atoms with E-state index >= 15 is 0 Å². The van der Waals surface area contributed by atoms with E-state index in [4.69, 9.17) is 16.3 Å². The van der Waals surface area contributed by atoms with E-state index in [1.165, 1.54) is 0 Å². The topological polar surface area (TPSA) is 24.5 Å². The summed E-state index contributed by atoms with van der Waals surface area (Å²) in [7, 11) is 1.86. The van der Waals surface area contributed by atoms with Crippen LogP contribution in [0.2, 0.25) is 0 Å². The molecule has 7 heavy (non-hydrogen) atoms. The lowest BCUT2D eigenvalue weighted by Crippen LogP contribution is -2.28. The molecule has 0 aromatic carbocycles. The summed E-state index contributed by atoms with van der Waals surface area (Å²) in [6, 6.07) is 0. The maximum Gasteiger partial charge on any atom is 0.199 e. The van der Waals surface area contributed by atoms with Gasteiger partial charge >= 0.3 is 0 Å². The van der Waals surface area contributed by atoms with Crippen LogP contribution in [0.25, 0.3) is 0 Å². The zero-order chi connectivity index (χ0) is 5.28. The van der Waals surface area contributed by atoms with Crippen molar-refractivity contribution in [1.82, 2.24) is 10.4 Å². The molecule has 1 unspecified atom stereocenters. The lowest BCUT2D eigenvalue weighted by Gasteiger charge is -2.01. The van der Waals surface area contributed by atoms with Crippen LogP contribution in [0.5, 0.6) is 0 Å². The Bertz CT molecular complexity index is 62.0. The van der Waals surface area contributed by atoms with E-state index in [1.807, 2.05) is 7.05 Å². The molecule has 0 spiro atoms. The maximum atomic E-state index is 5.43. The minimum absolute atomic E-state index is 0.329. The van der Waals surface area contributed by atoms with E-state index in [1.54, 1.807) is 5.01 Å². The Morgan fingerprint density at radius 3 is 2.86 bits per heavy atom. The van der Waals surface area contributed by atoms with Gasteiger partial charge in [0.1, 0.15) is 6.73 Å². The van der Waals surface area contributed by atoms with Crippen LogP contribution < -0.4 is 5.43 Å². The average Bonchev–Trinajstić information content (AvgIpc) is 1.87. The quantitative estimate of drug-likeness (QED) is 0.360. The number of ether oxygens (including phenoxy) is 1. The lowest BCUT2D eigenvalue weighted by atomic mass is 11.1. The van der Waals surface area contributed by atoms with Crippen LogP contribution in [-0.4, -0.2) is 24.5 Å². The van der Waals surface area contributed by atoms with Gasteiger partial charge in [0.2, 0.25) is 0 Å². The predicted molar refractivity (Wildman–Crippen MR) is 26.5 cm³/mol. The first-order valence-electron chi connectivity index (χ1n) is 2.02. The normalized spacial score (nSPS) is 34.3. The summed E-state index contributed by atoms with van der Waals surface area (Å²) in [6.45, 7) is 0.564. The third-order valence-corrected chi connectivity index (χ3v) is 0.960. The third kappa shape index (κ3) is 1.28. The average molecular weight is 123 g/mol. The van der Waals surface area contributed by atoms with Crippen molar-refractivity contribution in [2.45, 2.75) is 5.69 Å². The van der Waals surface area contributed by atoms with Gasteiger partial charge in [-0.1, -0.05) is 11.6 Å². The summed E-state index contributed by atoms with van der Waals surface area (Å²) in [5, 5.41) is 1.78. The Morgan fingerprint density at radius 2 is 2.71 bits per heavy atom. The number of halogens is 1. The molecule has 1 heterocycles. The molecule has 42 valence electrons. The molecule has 1 N–H and O–H groups in total. The fourth-order valence-corrected chi connectivity index (χ4v) is 0.648. The van der Waals surface area contributed by atoms with Crippen LogP contribution in [0.15, 0.2) is 0 Å². The first-order valence-corrected chi connectivity index (χ1v) is 2.45. The highest BCUT2D eigenvalue weighted by molar-refractivity contribution is 6.19. The van der Waals surface area contributed by atoms with E-state index in [2.05, 4.69) is 5.43 Å². The zero-order valence-electron chi connectivity index (χ0n) is 4.02. The Labute approximate surface area is 47.2 Å². The SMILES string of the molecule is CN1COC(Cl)N1. The maximum absolute atomic E-state index is 5.43. The molecule has 3 nitrogen and oxygen atoms in total. The number of nitrogens with one attached hydrogen (secondary N) is 1. The molecule has 0 aromatic rings. The van der Waals surface area contributed by atoms with Crippen molar-refractivity contribution in [3.8, 4) is 0 Å². The zero-order valence-corrected chi connectivity index (χ0v) is 4.77. The highest BCUT2D eigenvalue weighted by atomic mass is 35.5. The molecule has 1 aliphatic rings. The van der Waals surface area contributed by atoms with Gasteiger partial charge in [0.05, 0.1) is 0 Å². The van der Waals surface area contributed by atoms with Gasteiger partial charge in [-0.25, -0.2) is 10.4 Å². The first kappa shape index (κ1) is 5.31. The van der Waals surface area contributed by atoms with Crippen LogP contribution >= 0.6 is 11.6 Å². The molecule has 1 fully saturated rings. The molecule has 1 saturated heterocycles. The highest BCUT2D eigenvalue weighted by Gasteiger charge is 2.14. The van der Waals surface area contributed by atoms with Crippen molar-refractivity contribution in [3.63, 3.8) is 0 Å². The van der Waals surface area contributed by atoms with Crippen LogP contribution in [-0.2, 0) is 4.74 Å². The molecule has 4 heteroatoms. The van der Waals surface area contributed by atoms with Gasteiger partial charge in [-0.15, -0.1) is 0 Å². The predicted octanol–water partition coefficient (Wildman–Crippen LogP) is -0.0671. The number of hydrogen-bond donors (Lipinski definition) is 1. The Morgan fingerprint density at radius 1 is 2.00 bits per heavy atom. The highest BCUT2D eigenvalue weighted by Crippen LogP contribution is 2.01. The Hall–Kier alpha value is 0.170. The van der Waals surface area contributed by atoms with E-state index in [-0.39, 0.29) is 5.69 Å². The van der Waals surface area contributed by atoms with Crippen molar-refractivity contribution in [2.24, 2.45) is 0 Å². The second kappa shape index (κ2) is 1.96. The second-order valence-corrected chi connectivity index (χ2v) is 1.84. The number of alkyl halides is 1. The van der Waals surface area contributed by atoms with Crippen molar-refractivity contribution >= 4 is 11.6 Å². The Balaban J connectivity index is 2.26. The Kier molecular flexibility index (Phi) is 1.49. The molecular formula is C3H7ClN2O. The van der Waals surface area contributed by atoms with Crippen molar-refractivity contribution in [3.05, 3.63) is 0 Å². The van der Waals surface area contributed by atoms with Gasteiger partial charge in [-0.2, -0.15) is 0 Å². The number of hydrazine groups is 1. The van der Waals surface area contributed by atoms with E-state index < -0.39 is 0 Å². The summed E-state index contributed by atoms with van der Waals surface area (Å²) in [4.78, 5) is 0. The largest absolute Gasteiger partial charge is 0.331 e. The van der Waals surface area contributed by atoms with Crippen molar-refractivity contribution < 1.29 is 4.74 Å². The molecular weight excluding hydrogens is 115 g/mol. The molecule has 1 rings (SSSR count). The van der Waals surface area contributed by atoms with Crippen molar-refractivity contribution in [2.75, 3.05) is 13.8 Å². The third-order valence-electron chi connectivity index (χ3n) is 0.736. The number of nitrogens with zero attached hydrogens (tertiary/aromatic N) is 1. The molecule has 0 aliphatic carbocycles. The molecule has 0 amide bonds. The fourth-order valence-electron chi connectivity index (χ4n) is 0.425. The van der Waals surface area contributed by atoms with Gasteiger partial charge in [0.15, 0.2) is 5.69 Å². The minimum atomic E-state index is -0.329. The summed E-state index contributed by atoms with van der Waals surface area (Å²) in [5.41, 5.74) is 2.46. The molecule has 1 aliphatic heterocycles. The van der Waals surface area contributed by atoms with E-state index in [0.29, 0.717) is 6.73 Å². The number of hydrogen-bond acceptors (Lipinski definition) is 3. The summed E-state index contributed by atoms with van der Waals surface area (Å²) in [6.07, 6.45) is 0. The smallest absolute Gasteiger partial charge is 0.199 e. The second-order valence-electron chi connectivity index (χ2n) is 1.44. The molecule has 0 bridgehead atoms. The number of rotatable bonds is 0. The lowest BCUT2D eigenvalue weighted by molar-refractivity contribution is 0.135. The minimum Gasteiger partial charge on any atom is -0.331 e. The monoisotopic (exact) mass is 122 g/mol. The van der Waals surface area contributed by atoms with Crippen molar-refractivity contribution in [1.29, 1.82) is 0 Å². The van der Waals surface area contributed by atoms with Gasteiger partial charge < -0.3 is 4.74 Å². The first-order chi connectivity index (χ1) is 3.29. The molecule has 0 radical (unpaired) electrons. The summed E-state index contributed by atoms with van der Waals surface area (Å²) in [5.74, 6) is 0. The fraction of sp³-hybridized carbons (Fsp3) is 1.00. The summed E-state index contributed by atoms with van der Waals surface area (Å²) < 4.78 is 4.85. The molecule has 1 atom stereocenters. The van der Waals surface area contributed by atoms with Crippen LogP contribution in [0.4, 0.5) is 0 Å². The van der Waals surface area contributed by atoms with E-state index in [0.717, 1.165) is 0 Å². The molecule has 0 aromatic heterocycles. The standard InChI is InChI=1S/C3H7ClN2O/c1-6-2-7-3(4)5-6/h3,5H,2H2,1H3. The van der Waals surface area contributed by atoms with Crippen LogP contribution in [0.3, 0.4) is 0 Å². The van der Waals surface area contributed by atoms with Crippen LogP contribution in [0, 0.1) is 0 Å². The van der Waals surface area contributed by atoms with Gasteiger partial charge in [-0.3, -0.25) is 0 Å². The van der Waals surface area contributed by atoms with Gasteiger partial charge in [0, 0.05) is 7.05 Å². The molecule has 0 saturated carbocycles. The van der Waals surface area contributed by atoms with Gasteiger partial charge in [0.25, 0.3) is 0 Å². The summed E-state index contributed by atoms with van der Waals surface area (Å²) >= 11 is 5.43. The van der Waals surface area contributed by atoms with Gasteiger partial charge in [-0.05, 0) is 0 Å². The van der Waals surface area contributed by atoms with Crippen LogP contribution in [0.1, 0.15) is 0 Å².